The van der Waals surface area contributed by atoms with E-state index in [1.807, 2.05) is 0 Å². The number of aryl methyl sites for hydroxylation is 1. The maximum atomic E-state index is 11.9. The number of ether oxygens (including phenoxy) is 1. The third-order valence-electron chi connectivity index (χ3n) is 3.57. The van der Waals surface area contributed by atoms with E-state index in [1.54, 1.807) is 49.4 Å². The highest BCUT2D eigenvalue weighted by atomic mass is 35.5. The fourth-order valence-corrected chi connectivity index (χ4v) is 3.30. The molecule has 29 heavy (non-hydrogen) atoms. The van der Waals surface area contributed by atoms with Crippen molar-refractivity contribution in [3.63, 3.8) is 0 Å². The number of carbonyl (C=O) groups is 2. The third-order valence-corrected chi connectivity index (χ3v) is 5.41. The van der Waals surface area contributed by atoms with Crippen LogP contribution in [0.1, 0.15) is 11.1 Å². The Morgan fingerprint density at radius 2 is 1.79 bits per heavy atom. The molecule has 2 rings (SSSR count). The smallest absolute Gasteiger partial charge is 0.321 e. The molecule has 154 valence electrons. The molecule has 0 saturated carbocycles. The molecule has 0 spiro atoms. The van der Waals surface area contributed by atoms with Crippen molar-refractivity contribution >= 4 is 56.9 Å². The van der Waals surface area contributed by atoms with Crippen LogP contribution in [0.5, 0.6) is 0 Å². The first-order chi connectivity index (χ1) is 13.7. The lowest BCUT2D eigenvalue weighted by Gasteiger charge is -2.11. The van der Waals surface area contributed by atoms with Gasteiger partial charge in [-0.2, -0.15) is 0 Å². The van der Waals surface area contributed by atoms with Crippen LogP contribution in [-0.4, -0.2) is 33.4 Å². The minimum absolute atomic E-state index is 0.209. The molecule has 0 bridgehead atoms. The summed E-state index contributed by atoms with van der Waals surface area (Å²) in [5.74, 6) is -1.59. The lowest BCUT2D eigenvalue weighted by atomic mass is 10.2. The molecule has 0 fully saturated rings. The first-order valence-electron chi connectivity index (χ1n) is 8.31. The second kappa shape index (κ2) is 10.4. The van der Waals surface area contributed by atoms with E-state index in [2.05, 4.69) is 10.0 Å². The first-order valence-corrected chi connectivity index (χ1v) is 10.6. The van der Waals surface area contributed by atoms with E-state index >= 15 is 0 Å². The van der Waals surface area contributed by atoms with Crippen LogP contribution in [0.25, 0.3) is 6.08 Å². The topological polar surface area (TPSA) is 102 Å². The summed E-state index contributed by atoms with van der Waals surface area (Å²) in [5, 5.41) is 3.90. The molecule has 0 saturated heterocycles. The lowest BCUT2D eigenvalue weighted by Crippen LogP contribution is -2.31. The van der Waals surface area contributed by atoms with Gasteiger partial charge in [0.1, 0.15) is 6.54 Å². The van der Waals surface area contributed by atoms with Crippen molar-refractivity contribution in [3.05, 3.63) is 69.0 Å². The Hall–Kier alpha value is -2.39. The van der Waals surface area contributed by atoms with Gasteiger partial charge in [0.2, 0.25) is 10.0 Å². The molecule has 1 amide bonds. The van der Waals surface area contributed by atoms with Crippen molar-refractivity contribution in [1.29, 1.82) is 0 Å². The number of sulfonamides is 1. The Bertz CT molecular complexity index is 1020. The number of esters is 1. The minimum atomic E-state index is -3.84. The quantitative estimate of drug-likeness (QED) is 0.592. The number of carbonyl (C=O) groups excluding carboxylic acids is 2. The summed E-state index contributed by atoms with van der Waals surface area (Å²) in [4.78, 5) is 23.6. The van der Waals surface area contributed by atoms with Crippen molar-refractivity contribution in [2.45, 2.75) is 6.92 Å². The van der Waals surface area contributed by atoms with E-state index in [1.165, 1.54) is 6.08 Å². The van der Waals surface area contributed by atoms with Crippen LogP contribution in [0.2, 0.25) is 10.0 Å². The van der Waals surface area contributed by atoms with Crippen LogP contribution in [0, 0.1) is 6.92 Å². The number of benzene rings is 2. The van der Waals surface area contributed by atoms with E-state index in [0.717, 1.165) is 5.41 Å². The van der Waals surface area contributed by atoms with Gasteiger partial charge < -0.3 is 10.1 Å². The summed E-state index contributed by atoms with van der Waals surface area (Å²) in [6.07, 6.45) is 1.39. The largest absolute Gasteiger partial charge is 0.455 e. The molecule has 7 nitrogen and oxygen atoms in total. The lowest BCUT2D eigenvalue weighted by molar-refractivity contribution is -0.146. The molecule has 2 aromatic rings. The molecule has 0 aromatic heterocycles. The van der Waals surface area contributed by atoms with Crippen LogP contribution < -0.4 is 10.0 Å². The molecule has 0 aliphatic heterocycles. The van der Waals surface area contributed by atoms with Crippen molar-refractivity contribution in [2.75, 3.05) is 18.5 Å². The molecule has 0 unspecified atom stereocenters. The number of amides is 1. The van der Waals surface area contributed by atoms with E-state index in [-0.39, 0.29) is 15.7 Å². The van der Waals surface area contributed by atoms with Crippen LogP contribution in [-0.2, 0) is 24.3 Å². The predicted molar refractivity (Wildman–Crippen MR) is 113 cm³/mol. The van der Waals surface area contributed by atoms with Gasteiger partial charge in [-0.15, -0.1) is 0 Å². The van der Waals surface area contributed by atoms with Crippen molar-refractivity contribution in [2.24, 2.45) is 0 Å². The van der Waals surface area contributed by atoms with Gasteiger partial charge in [0.05, 0.1) is 15.7 Å². The summed E-state index contributed by atoms with van der Waals surface area (Å²) >= 11 is 12.1. The second-order valence-electron chi connectivity index (χ2n) is 5.84. The van der Waals surface area contributed by atoms with Gasteiger partial charge in [-0.3, -0.25) is 9.59 Å². The highest BCUT2D eigenvalue weighted by Crippen LogP contribution is 2.32. The Kier molecular flexibility index (Phi) is 8.21. The molecule has 0 atom stereocenters. The minimum Gasteiger partial charge on any atom is -0.455 e. The maximum Gasteiger partial charge on any atom is 0.321 e. The molecule has 10 heteroatoms. The number of anilines is 1. The van der Waals surface area contributed by atoms with E-state index < -0.39 is 35.1 Å². The molecule has 0 heterocycles. The summed E-state index contributed by atoms with van der Waals surface area (Å²) in [7, 11) is -3.84. The number of hydrogen-bond donors (Lipinski definition) is 2. The average Bonchev–Trinajstić information content (AvgIpc) is 2.70. The Labute approximate surface area is 178 Å². The van der Waals surface area contributed by atoms with Gasteiger partial charge in [0.15, 0.2) is 6.61 Å². The first kappa shape index (κ1) is 22.9. The zero-order valence-electron chi connectivity index (χ0n) is 15.3. The molecule has 0 radical (unpaired) electrons. The molecule has 0 aliphatic carbocycles. The van der Waals surface area contributed by atoms with Crippen LogP contribution in [0.4, 0.5) is 5.69 Å². The van der Waals surface area contributed by atoms with Gasteiger partial charge in [-0.05, 0) is 30.2 Å². The summed E-state index contributed by atoms with van der Waals surface area (Å²) in [6, 6.07) is 12.0. The van der Waals surface area contributed by atoms with Gasteiger partial charge in [0.25, 0.3) is 5.91 Å². The SMILES string of the molecule is Cc1ccc(Cl)c(NC(=O)COC(=O)CNS(=O)(=O)/C=C/c2ccccc2)c1Cl. The highest BCUT2D eigenvalue weighted by Gasteiger charge is 2.15. The number of hydrogen-bond acceptors (Lipinski definition) is 5. The molecule has 2 aromatic carbocycles. The molecule has 0 aliphatic rings. The van der Waals surface area contributed by atoms with E-state index in [4.69, 9.17) is 27.9 Å². The van der Waals surface area contributed by atoms with Crippen LogP contribution >= 0.6 is 23.2 Å². The zero-order chi connectivity index (χ0) is 21.4. The highest BCUT2D eigenvalue weighted by molar-refractivity contribution is 7.92. The fourth-order valence-electron chi connectivity index (χ4n) is 2.08. The Morgan fingerprint density at radius 1 is 1.10 bits per heavy atom. The van der Waals surface area contributed by atoms with Crippen LogP contribution in [0.3, 0.4) is 0 Å². The van der Waals surface area contributed by atoms with E-state index in [0.29, 0.717) is 11.1 Å². The standard InChI is InChI=1S/C19H18Cl2N2O5S/c1-13-7-8-15(20)19(18(13)21)23-16(24)12-28-17(25)11-22-29(26,27)10-9-14-5-3-2-4-6-14/h2-10,22H,11-12H2,1H3,(H,23,24)/b10-9+. The number of halogens is 2. The number of rotatable bonds is 8. The predicted octanol–water partition coefficient (Wildman–Crippen LogP) is 3.37. The fraction of sp³-hybridized carbons (Fsp3) is 0.158. The van der Waals surface area contributed by atoms with E-state index in [9.17, 15) is 18.0 Å². The molecule has 2 N–H and O–H groups in total. The Morgan fingerprint density at radius 3 is 2.48 bits per heavy atom. The Balaban J connectivity index is 1.81. The molecular weight excluding hydrogens is 439 g/mol. The second-order valence-corrected chi connectivity index (χ2v) is 8.28. The van der Waals surface area contributed by atoms with Crippen LogP contribution in [0.15, 0.2) is 47.9 Å². The monoisotopic (exact) mass is 456 g/mol. The van der Waals surface area contributed by atoms with Gasteiger partial charge in [0, 0.05) is 5.41 Å². The van der Waals surface area contributed by atoms with Gasteiger partial charge >= 0.3 is 5.97 Å². The third kappa shape index (κ3) is 7.51. The number of nitrogens with one attached hydrogen (secondary N) is 2. The zero-order valence-corrected chi connectivity index (χ0v) is 17.6. The van der Waals surface area contributed by atoms with Gasteiger partial charge in [-0.1, -0.05) is 59.6 Å². The summed E-state index contributed by atoms with van der Waals surface area (Å²) in [5.41, 5.74) is 1.60. The molecular formula is C19H18Cl2N2O5S. The van der Waals surface area contributed by atoms with Crippen molar-refractivity contribution in [3.8, 4) is 0 Å². The van der Waals surface area contributed by atoms with Crippen molar-refractivity contribution < 1.29 is 22.7 Å². The maximum absolute atomic E-state index is 11.9. The normalized spacial score (nSPS) is 11.4. The summed E-state index contributed by atoms with van der Waals surface area (Å²) < 4.78 is 30.6. The summed E-state index contributed by atoms with van der Waals surface area (Å²) in [6.45, 7) is 0.494. The average molecular weight is 457 g/mol. The van der Waals surface area contributed by atoms with Gasteiger partial charge in [-0.25, -0.2) is 13.1 Å². The van der Waals surface area contributed by atoms with Crippen molar-refractivity contribution in [1.82, 2.24) is 4.72 Å².